The molecule has 1 atom stereocenters. The maximum absolute atomic E-state index is 12.1. The molecular formula is C13H18ClN3O. The summed E-state index contributed by atoms with van der Waals surface area (Å²) >= 11 is 5.97. The lowest BCUT2D eigenvalue weighted by Crippen LogP contribution is -2.34. The minimum absolute atomic E-state index is 0.177. The van der Waals surface area contributed by atoms with Crippen molar-refractivity contribution in [3.8, 4) is 0 Å². The van der Waals surface area contributed by atoms with Gasteiger partial charge < -0.3 is 16.8 Å². The molecule has 0 aliphatic heterocycles. The SMILES string of the molecule is CC(NC(=O)c1cc(Cl)cc(CN)c1N)C1CC1. The quantitative estimate of drug-likeness (QED) is 0.729. The van der Waals surface area contributed by atoms with Gasteiger partial charge in [0.05, 0.1) is 5.56 Å². The topological polar surface area (TPSA) is 81.1 Å². The monoisotopic (exact) mass is 267 g/mol. The number of carbonyl (C=O) groups excluding carboxylic acids is 1. The van der Waals surface area contributed by atoms with Crippen LogP contribution >= 0.6 is 11.6 Å². The van der Waals surface area contributed by atoms with E-state index in [2.05, 4.69) is 5.32 Å². The zero-order chi connectivity index (χ0) is 13.3. The Hall–Kier alpha value is -1.26. The third kappa shape index (κ3) is 2.76. The van der Waals surface area contributed by atoms with Gasteiger partial charge in [-0.1, -0.05) is 11.6 Å². The van der Waals surface area contributed by atoms with Crippen LogP contribution in [0.1, 0.15) is 35.7 Å². The van der Waals surface area contributed by atoms with E-state index >= 15 is 0 Å². The lowest BCUT2D eigenvalue weighted by Gasteiger charge is -2.15. The molecule has 4 nitrogen and oxygen atoms in total. The molecule has 1 aromatic rings. The Bertz CT molecular complexity index is 472. The smallest absolute Gasteiger partial charge is 0.253 e. The number of nitrogens with one attached hydrogen (secondary N) is 1. The molecule has 0 saturated heterocycles. The Morgan fingerprint density at radius 2 is 2.22 bits per heavy atom. The summed E-state index contributed by atoms with van der Waals surface area (Å²) in [5.74, 6) is 0.424. The highest BCUT2D eigenvalue weighted by molar-refractivity contribution is 6.31. The van der Waals surface area contributed by atoms with E-state index in [1.165, 1.54) is 12.8 Å². The summed E-state index contributed by atoms with van der Waals surface area (Å²) in [4.78, 5) is 12.1. The van der Waals surface area contributed by atoms with Crippen LogP contribution < -0.4 is 16.8 Å². The van der Waals surface area contributed by atoms with Crippen LogP contribution in [0.4, 0.5) is 5.69 Å². The third-order valence-corrected chi connectivity index (χ3v) is 3.60. The predicted octanol–water partition coefficient (Wildman–Crippen LogP) is 1.91. The maximum atomic E-state index is 12.1. The van der Waals surface area contributed by atoms with Gasteiger partial charge in [0.15, 0.2) is 0 Å². The Kier molecular flexibility index (Phi) is 3.78. The van der Waals surface area contributed by atoms with Crippen LogP contribution in [0.25, 0.3) is 0 Å². The van der Waals surface area contributed by atoms with E-state index in [1.54, 1.807) is 12.1 Å². The molecule has 2 rings (SSSR count). The second-order valence-corrected chi connectivity index (χ2v) is 5.27. The van der Waals surface area contributed by atoms with Crippen molar-refractivity contribution in [1.29, 1.82) is 0 Å². The Labute approximate surface area is 112 Å². The molecule has 18 heavy (non-hydrogen) atoms. The molecule has 98 valence electrons. The van der Waals surface area contributed by atoms with Crippen molar-refractivity contribution in [3.05, 3.63) is 28.3 Å². The normalized spacial score (nSPS) is 16.4. The third-order valence-electron chi connectivity index (χ3n) is 3.38. The number of hydrogen-bond donors (Lipinski definition) is 3. The molecule has 1 amide bonds. The molecule has 1 aromatic carbocycles. The van der Waals surface area contributed by atoms with Crippen molar-refractivity contribution in [2.45, 2.75) is 32.4 Å². The van der Waals surface area contributed by atoms with Crippen LogP contribution in [0.3, 0.4) is 0 Å². The van der Waals surface area contributed by atoms with E-state index in [9.17, 15) is 4.79 Å². The molecule has 0 aromatic heterocycles. The summed E-state index contributed by atoms with van der Waals surface area (Å²) in [7, 11) is 0. The van der Waals surface area contributed by atoms with E-state index < -0.39 is 0 Å². The number of rotatable bonds is 4. The zero-order valence-electron chi connectivity index (χ0n) is 10.4. The van der Waals surface area contributed by atoms with Crippen molar-refractivity contribution in [3.63, 3.8) is 0 Å². The van der Waals surface area contributed by atoms with E-state index in [0.29, 0.717) is 27.8 Å². The first-order valence-electron chi connectivity index (χ1n) is 6.11. The standard InChI is InChI=1S/C13H18ClN3O/c1-7(8-2-3-8)17-13(18)11-5-10(14)4-9(6-15)12(11)16/h4-5,7-8H,2-3,6,15-16H2,1H3,(H,17,18). The fraction of sp³-hybridized carbons (Fsp3) is 0.462. The van der Waals surface area contributed by atoms with Gasteiger partial charge in [0.1, 0.15) is 0 Å². The van der Waals surface area contributed by atoms with Gasteiger partial charge in [-0.2, -0.15) is 0 Å². The maximum Gasteiger partial charge on any atom is 0.253 e. The molecule has 5 heteroatoms. The molecule has 1 saturated carbocycles. The highest BCUT2D eigenvalue weighted by atomic mass is 35.5. The highest BCUT2D eigenvalue weighted by Gasteiger charge is 2.29. The summed E-state index contributed by atoms with van der Waals surface area (Å²) in [6, 6.07) is 3.46. The number of nitrogens with two attached hydrogens (primary N) is 2. The van der Waals surface area contributed by atoms with Crippen LogP contribution in [0.2, 0.25) is 5.02 Å². The average molecular weight is 268 g/mol. The van der Waals surface area contributed by atoms with E-state index in [0.717, 1.165) is 0 Å². The van der Waals surface area contributed by atoms with Crippen molar-refractivity contribution < 1.29 is 4.79 Å². The van der Waals surface area contributed by atoms with Crippen LogP contribution in [0, 0.1) is 5.92 Å². The Morgan fingerprint density at radius 3 is 2.78 bits per heavy atom. The van der Waals surface area contributed by atoms with Crippen molar-refractivity contribution >= 4 is 23.2 Å². The average Bonchev–Trinajstić information content (AvgIpc) is 3.15. The van der Waals surface area contributed by atoms with Gasteiger partial charge in [-0.05, 0) is 43.4 Å². The molecule has 1 aliphatic carbocycles. The van der Waals surface area contributed by atoms with E-state index in [-0.39, 0.29) is 18.5 Å². The summed E-state index contributed by atoms with van der Waals surface area (Å²) in [6.45, 7) is 2.28. The molecule has 5 N–H and O–H groups in total. The van der Waals surface area contributed by atoms with E-state index in [4.69, 9.17) is 23.1 Å². The fourth-order valence-electron chi connectivity index (χ4n) is 2.03. The lowest BCUT2D eigenvalue weighted by molar-refractivity contribution is 0.0936. The highest BCUT2D eigenvalue weighted by Crippen LogP contribution is 2.32. The Balaban J connectivity index is 2.20. The molecule has 0 heterocycles. The predicted molar refractivity (Wildman–Crippen MR) is 73.4 cm³/mol. The molecule has 1 unspecified atom stereocenters. The van der Waals surface area contributed by atoms with Crippen LogP contribution in [-0.2, 0) is 6.54 Å². The number of hydrogen-bond acceptors (Lipinski definition) is 3. The number of halogens is 1. The number of anilines is 1. The zero-order valence-corrected chi connectivity index (χ0v) is 11.1. The van der Waals surface area contributed by atoms with Gasteiger partial charge in [-0.3, -0.25) is 4.79 Å². The van der Waals surface area contributed by atoms with Gasteiger partial charge in [-0.25, -0.2) is 0 Å². The molecular weight excluding hydrogens is 250 g/mol. The van der Waals surface area contributed by atoms with E-state index in [1.807, 2.05) is 6.92 Å². The molecule has 0 radical (unpaired) electrons. The van der Waals surface area contributed by atoms with Crippen molar-refractivity contribution in [2.24, 2.45) is 11.7 Å². The number of carbonyl (C=O) groups is 1. The fourth-order valence-corrected chi connectivity index (χ4v) is 2.27. The number of amides is 1. The summed E-state index contributed by atoms with van der Waals surface area (Å²) in [5, 5.41) is 3.44. The van der Waals surface area contributed by atoms with Gasteiger partial charge in [0.25, 0.3) is 5.91 Å². The van der Waals surface area contributed by atoms with Crippen molar-refractivity contribution in [1.82, 2.24) is 5.32 Å². The molecule has 1 aliphatic rings. The minimum atomic E-state index is -0.177. The first-order chi connectivity index (χ1) is 8.52. The largest absolute Gasteiger partial charge is 0.398 e. The van der Waals surface area contributed by atoms with Crippen molar-refractivity contribution in [2.75, 3.05) is 5.73 Å². The first-order valence-corrected chi connectivity index (χ1v) is 6.49. The summed E-state index contributed by atoms with van der Waals surface area (Å²) in [5.41, 5.74) is 13.0. The first kappa shape index (κ1) is 13.2. The van der Waals surface area contributed by atoms with Crippen LogP contribution in [0.5, 0.6) is 0 Å². The second-order valence-electron chi connectivity index (χ2n) is 4.83. The molecule has 1 fully saturated rings. The summed E-state index contributed by atoms with van der Waals surface area (Å²) in [6.07, 6.45) is 2.36. The van der Waals surface area contributed by atoms with Gasteiger partial charge in [0.2, 0.25) is 0 Å². The second kappa shape index (κ2) is 5.16. The number of nitrogen functional groups attached to an aromatic ring is 1. The Morgan fingerprint density at radius 1 is 1.56 bits per heavy atom. The molecule has 0 spiro atoms. The van der Waals surface area contributed by atoms with Gasteiger partial charge in [0, 0.05) is 23.3 Å². The lowest BCUT2D eigenvalue weighted by atomic mass is 10.1. The van der Waals surface area contributed by atoms with Crippen LogP contribution in [-0.4, -0.2) is 11.9 Å². The summed E-state index contributed by atoms with van der Waals surface area (Å²) < 4.78 is 0. The van der Waals surface area contributed by atoms with Gasteiger partial charge >= 0.3 is 0 Å². The number of benzene rings is 1. The minimum Gasteiger partial charge on any atom is -0.398 e. The van der Waals surface area contributed by atoms with Crippen LogP contribution in [0.15, 0.2) is 12.1 Å². The molecule has 0 bridgehead atoms. The van der Waals surface area contributed by atoms with Gasteiger partial charge in [-0.15, -0.1) is 0 Å².